The molecule has 5 nitrogen and oxygen atoms in total. The predicted octanol–water partition coefficient (Wildman–Crippen LogP) is 5.53. The highest BCUT2D eigenvalue weighted by molar-refractivity contribution is 7.19. The molecule has 0 atom stereocenters. The van der Waals surface area contributed by atoms with Crippen LogP contribution in [0, 0.1) is 6.92 Å². The van der Waals surface area contributed by atoms with E-state index in [2.05, 4.69) is 25.5 Å². The molecule has 140 valence electrons. The summed E-state index contributed by atoms with van der Waals surface area (Å²) in [7, 11) is 0. The number of anilines is 1. The Morgan fingerprint density at radius 3 is 3.04 bits per heavy atom. The molecular weight excluding hydrogens is 390 g/mol. The average Bonchev–Trinajstić information content (AvgIpc) is 3.09. The molecule has 1 aliphatic carbocycles. The fourth-order valence-corrected chi connectivity index (χ4v) is 5.19. The van der Waals surface area contributed by atoms with E-state index in [1.807, 2.05) is 31.2 Å². The van der Waals surface area contributed by atoms with Gasteiger partial charge in [0.2, 0.25) is 0 Å². The van der Waals surface area contributed by atoms with Crippen molar-refractivity contribution in [3.63, 3.8) is 0 Å². The molecule has 0 saturated heterocycles. The molecule has 0 amide bonds. The zero-order valence-electron chi connectivity index (χ0n) is 15.4. The number of aromatic nitrogens is 3. The van der Waals surface area contributed by atoms with Gasteiger partial charge in [-0.2, -0.15) is 5.10 Å². The van der Waals surface area contributed by atoms with E-state index >= 15 is 0 Å². The number of benzene rings is 1. The lowest BCUT2D eigenvalue weighted by Gasteiger charge is -2.11. The molecule has 0 saturated carbocycles. The number of thiophene rings is 1. The maximum Gasteiger partial charge on any atom is 0.158 e. The first-order valence-electron chi connectivity index (χ1n) is 9.31. The lowest BCUT2D eigenvalue weighted by atomic mass is 9.97. The molecular formula is C21H18ClN5S. The SMILES string of the molecule is Cc1cccc2cc(C=NNc3ncnc4sc5c(c34)CCCC5)c(Cl)nc12. The predicted molar refractivity (Wildman–Crippen MR) is 117 cm³/mol. The summed E-state index contributed by atoms with van der Waals surface area (Å²) in [5, 5.41) is 6.99. The molecule has 7 heteroatoms. The first-order chi connectivity index (χ1) is 13.7. The van der Waals surface area contributed by atoms with Crippen molar-refractivity contribution in [2.24, 2.45) is 5.10 Å². The van der Waals surface area contributed by atoms with E-state index in [4.69, 9.17) is 11.6 Å². The minimum Gasteiger partial charge on any atom is -0.261 e. The van der Waals surface area contributed by atoms with E-state index in [1.165, 1.54) is 23.3 Å². The molecule has 0 aliphatic heterocycles. The average molecular weight is 408 g/mol. The van der Waals surface area contributed by atoms with Gasteiger partial charge in [0.1, 0.15) is 16.3 Å². The first-order valence-corrected chi connectivity index (χ1v) is 10.5. The summed E-state index contributed by atoms with van der Waals surface area (Å²) in [6.45, 7) is 2.03. The van der Waals surface area contributed by atoms with Crippen LogP contribution in [0.25, 0.3) is 21.1 Å². The van der Waals surface area contributed by atoms with Gasteiger partial charge in [0.05, 0.1) is 17.1 Å². The number of hydrogen-bond acceptors (Lipinski definition) is 6. The smallest absolute Gasteiger partial charge is 0.158 e. The van der Waals surface area contributed by atoms with E-state index in [-0.39, 0.29) is 0 Å². The maximum absolute atomic E-state index is 6.38. The van der Waals surface area contributed by atoms with Crippen molar-refractivity contribution in [2.45, 2.75) is 32.6 Å². The second-order valence-corrected chi connectivity index (χ2v) is 8.44. The summed E-state index contributed by atoms with van der Waals surface area (Å²) in [5.74, 6) is 0.751. The lowest BCUT2D eigenvalue weighted by molar-refractivity contribution is 0.700. The zero-order valence-corrected chi connectivity index (χ0v) is 16.9. The van der Waals surface area contributed by atoms with Gasteiger partial charge in [0.15, 0.2) is 5.82 Å². The number of halogens is 1. The van der Waals surface area contributed by atoms with Crippen molar-refractivity contribution in [1.29, 1.82) is 0 Å². The number of rotatable bonds is 3. The van der Waals surface area contributed by atoms with Crippen LogP contribution in [-0.4, -0.2) is 21.2 Å². The van der Waals surface area contributed by atoms with Gasteiger partial charge in [-0.3, -0.25) is 5.43 Å². The minimum atomic E-state index is 0.438. The molecule has 1 aromatic carbocycles. The molecule has 3 aromatic heterocycles. The molecule has 0 fully saturated rings. The number of nitrogens with one attached hydrogen (secondary N) is 1. The Morgan fingerprint density at radius 2 is 2.11 bits per heavy atom. The van der Waals surface area contributed by atoms with Gasteiger partial charge >= 0.3 is 0 Å². The highest BCUT2D eigenvalue weighted by atomic mass is 35.5. The molecule has 0 spiro atoms. The molecule has 1 N–H and O–H groups in total. The standard InChI is InChI=1S/C21H18ClN5S/c1-12-5-4-6-13-9-14(19(22)26-18(12)13)10-25-27-20-17-15-7-2-3-8-16(15)28-21(17)24-11-23-20/h4-6,9-11H,2-3,7-8H2,1H3,(H,23,24,27). The Hall–Kier alpha value is -2.57. The summed E-state index contributed by atoms with van der Waals surface area (Å²) in [4.78, 5) is 15.9. The number of para-hydroxylation sites is 1. The summed E-state index contributed by atoms with van der Waals surface area (Å²) in [6.07, 6.45) is 7.98. The third-order valence-electron chi connectivity index (χ3n) is 5.15. The number of fused-ring (bicyclic) bond motifs is 4. The molecule has 28 heavy (non-hydrogen) atoms. The van der Waals surface area contributed by atoms with Gasteiger partial charge in [0, 0.05) is 15.8 Å². The topological polar surface area (TPSA) is 63.1 Å². The third kappa shape index (κ3) is 3.02. The molecule has 5 rings (SSSR count). The van der Waals surface area contributed by atoms with Crippen LogP contribution in [0.3, 0.4) is 0 Å². The van der Waals surface area contributed by atoms with Gasteiger partial charge in [-0.25, -0.2) is 15.0 Å². The zero-order chi connectivity index (χ0) is 19.1. The van der Waals surface area contributed by atoms with E-state index in [0.29, 0.717) is 5.15 Å². The summed E-state index contributed by atoms with van der Waals surface area (Å²) in [5.41, 5.74) is 7.27. The van der Waals surface area contributed by atoms with Gasteiger partial charge in [-0.1, -0.05) is 29.8 Å². The number of aryl methyl sites for hydroxylation is 3. The molecule has 4 aromatic rings. The highest BCUT2D eigenvalue weighted by Crippen LogP contribution is 2.38. The fourth-order valence-electron chi connectivity index (χ4n) is 3.77. The number of pyridine rings is 1. The lowest BCUT2D eigenvalue weighted by Crippen LogP contribution is -2.01. The number of nitrogens with zero attached hydrogens (tertiary/aromatic N) is 4. The van der Waals surface area contributed by atoms with Crippen molar-refractivity contribution in [2.75, 3.05) is 5.43 Å². The molecule has 3 heterocycles. The molecule has 1 aliphatic rings. The Labute approximate surface area is 171 Å². The van der Waals surface area contributed by atoms with Crippen LogP contribution in [0.4, 0.5) is 5.82 Å². The fraction of sp³-hybridized carbons (Fsp3) is 0.238. The molecule has 0 bridgehead atoms. The van der Waals surface area contributed by atoms with Crippen LogP contribution in [0.1, 0.15) is 34.4 Å². The first kappa shape index (κ1) is 17.5. The number of hydrazone groups is 1. The van der Waals surface area contributed by atoms with Crippen LogP contribution in [-0.2, 0) is 12.8 Å². The van der Waals surface area contributed by atoms with Crippen molar-refractivity contribution < 1.29 is 0 Å². The van der Waals surface area contributed by atoms with Crippen LogP contribution in [0.5, 0.6) is 0 Å². The molecule has 0 unspecified atom stereocenters. The Kier molecular flexibility index (Phi) is 4.45. The maximum atomic E-state index is 6.38. The third-order valence-corrected chi connectivity index (χ3v) is 6.66. The van der Waals surface area contributed by atoms with Crippen LogP contribution >= 0.6 is 22.9 Å². The van der Waals surface area contributed by atoms with Crippen molar-refractivity contribution in [1.82, 2.24) is 15.0 Å². The number of hydrogen-bond donors (Lipinski definition) is 1. The van der Waals surface area contributed by atoms with Crippen molar-refractivity contribution in [3.8, 4) is 0 Å². The Bertz CT molecular complexity index is 1230. The van der Waals surface area contributed by atoms with Crippen LogP contribution in [0.2, 0.25) is 5.15 Å². The van der Waals surface area contributed by atoms with Crippen molar-refractivity contribution >= 4 is 56.1 Å². The van der Waals surface area contributed by atoms with Crippen molar-refractivity contribution in [3.05, 3.63) is 57.3 Å². The largest absolute Gasteiger partial charge is 0.261 e. The van der Waals surface area contributed by atoms with Gasteiger partial charge in [0.25, 0.3) is 0 Å². The van der Waals surface area contributed by atoms with E-state index < -0.39 is 0 Å². The Balaban J connectivity index is 1.48. The summed E-state index contributed by atoms with van der Waals surface area (Å²) < 4.78 is 0. The Morgan fingerprint density at radius 1 is 1.21 bits per heavy atom. The highest BCUT2D eigenvalue weighted by Gasteiger charge is 2.19. The quantitative estimate of drug-likeness (QED) is 0.275. The van der Waals surface area contributed by atoms with E-state index in [9.17, 15) is 0 Å². The molecule has 0 radical (unpaired) electrons. The van der Waals surface area contributed by atoms with Gasteiger partial charge < -0.3 is 0 Å². The normalized spacial score (nSPS) is 14.1. The van der Waals surface area contributed by atoms with E-state index in [1.54, 1.807) is 23.9 Å². The summed E-state index contributed by atoms with van der Waals surface area (Å²) in [6, 6.07) is 8.08. The minimum absolute atomic E-state index is 0.438. The van der Waals surface area contributed by atoms with Crippen LogP contribution < -0.4 is 5.43 Å². The van der Waals surface area contributed by atoms with Gasteiger partial charge in [-0.15, -0.1) is 11.3 Å². The second-order valence-electron chi connectivity index (χ2n) is 7.00. The van der Waals surface area contributed by atoms with Gasteiger partial charge in [-0.05, 0) is 49.8 Å². The monoisotopic (exact) mass is 407 g/mol. The van der Waals surface area contributed by atoms with Crippen LogP contribution in [0.15, 0.2) is 35.7 Å². The van der Waals surface area contributed by atoms with E-state index in [0.717, 1.165) is 50.9 Å². The summed E-state index contributed by atoms with van der Waals surface area (Å²) >= 11 is 8.15. The second kappa shape index (κ2) is 7.11.